The van der Waals surface area contributed by atoms with Gasteiger partial charge in [-0.05, 0) is 69.9 Å². The average Bonchev–Trinajstić information content (AvgIpc) is 3.42. The van der Waals surface area contributed by atoms with Crippen molar-refractivity contribution >= 4 is 23.5 Å². The number of rotatable bonds is 8. The Morgan fingerprint density at radius 1 is 1.10 bits per heavy atom. The normalized spacial score (nSPS) is 21.3. The Labute approximate surface area is 243 Å². The van der Waals surface area contributed by atoms with Crippen LogP contribution in [0.2, 0.25) is 0 Å². The molecule has 226 valence electrons. The lowest BCUT2D eigenvalue weighted by atomic mass is 9.77. The molecule has 1 amide bonds. The fraction of sp³-hybridized carbons (Fsp3) is 0.533. The first kappa shape index (κ1) is 29.7. The first-order valence-electron chi connectivity index (χ1n) is 14.6. The fourth-order valence-electron chi connectivity index (χ4n) is 5.98. The van der Waals surface area contributed by atoms with E-state index in [4.69, 9.17) is 9.15 Å². The highest BCUT2D eigenvalue weighted by Crippen LogP contribution is 2.36. The van der Waals surface area contributed by atoms with E-state index in [2.05, 4.69) is 30.5 Å². The molecule has 1 saturated carbocycles. The standard InChI is InChI=1S/C30H37F3N6O3/c1-19(2)41-29(40)37-23-10-5-9-22(14-23)26-17-36-28(42-26)38-25-11-4-3-8-21(25)13-20-7-6-12-39(18-20)24-15-34-27(35-16-24)30(31,32)33/h5,9-10,14-17,19-21,25H,3-4,6-8,11-13,18H2,1-2H3,(H,36,38)(H,37,40)/t20-,21+,25-/m1/s1. The average molecular weight is 587 g/mol. The van der Waals surface area contributed by atoms with Gasteiger partial charge in [-0.15, -0.1) is 0 Å². The van der Waals surface area contributed by atoms with Crippen LogP contribution in [-0.2, 0) is 10.9 Å². The molecule has 0 bridgehead atoms. The quantitative estimate of drug-likeness (QED) is 0.282. The number of piperidine rings is 1. The van der Waals surface area contributed by atoms with Crippen molar-refractivity contribution in [1.29, 1.82) is 0 Å². The van der Waals surface area contributed by atoms with Gasteiger partial charge in [-0.25, -0.2) is 19.7 Å². The van der Waals surface area contributed by atoms with Gasteiger partial charge in [-0.2, -0.15) is 13.2 Å². The summed E-state index contributed by atoms with van der Waals surface area (Å²) < 4.78 is 49.9. The third-order valence-corrected chi connectivity index (χ3v) is 7.87. The Bertz CT molecular complexity index is 1330. The zero-order chi connectivity index (χ0) is 29.7. The number of ether oxygens (including phenoxy) is 1. The number of nitrogens with zero attached hydrogens (tertiary/aromatic N) is 4. The largest absolute Gasteiger partial charge is 0.451 e. The Hall–Kier alpha value is -3.83. The molecule has 2 fully saturated rings. The molecule has 2 aliphatic rings. The summed E-state index contributed by atoms with van der Waals surface area (Å²) in [5.74, 6) is 0.336. The number of carbonyl (C=O) groups excluding carboxylic acids is 1. The minimum Gasteiger partial charge on any atom is -0.447 e. The summed E-state index contributed by atoms with van der Waals surface area (Å²) in [6.07, 6.45) is 6.46. The lowest BCUT2D eigenvalue weighted by Crippen LogP contribution is -2.39. The van der Waals surface area contributed by atoms with Crippen LogP contribution < -0.4 is 15.5 Å². The molecule has 5 rings (SSSR count). The van der Waals surface area contributed by atoms with Crippen LogP contribution in [0.15, 0.2) is 47.3 Å². The summed E-state index contributed by atoms with van der Waals surface area (Å²) in [6.45, 7) is 5.14. The van der Waals surface area contributed by atoms with Gasteiger partial charge < -0.3 is 19.4 Å². The lowest BCUT2D eigenvalue weighted by molar-refractivity contribution is -0.145. The monoisotopic (exact) mass is 586 g/mol. The third-order valence-electron chi connectivity index (χ3n) is 7.87. The molecule has 3 heterocycles. The maximum Gasteiger partial charge on any atom is 0.451 e. The van der Waals surface area contributed by atoms with Crippen molar-refractivity contribution in [3.05, 3.63) is 48.7 Å². The molecular formula is C30H37F3N6O3. The van der Waals surface area contributed by atoms with Crippen molar-refractivity contribution in [1.82, 2.24) is 15.0 Å². The molecule has 0 radical (unpaired) electrons. The summed E-state index contributed by atoms with van der Waals surface area (Å²) in [4.78, 5) is 25.7. The van der Waals surface area contributed by atoms with Crippen LogP contribution in [0.25, 0.3) is 11.3 Å². The summed E-state index contributed by atoms with van der Waals surface area (Å²) in [6, 6.07) is 8.00. The number of oxazole rings is 1. The topological polar surface area (TPSA) is 105 Å². The van der Waals surface area contributed by atoms with E-state index < -0.39 is 18.1 Å². The first-order valence-corrected chi connectivity index (χ1v) is 14.6. The molecule has 9 nitrogen and oxygen atoms in total. The molecule has 42 heavy (non-hydrogen) atoms. The fourth-order valence-corrected chi connectivity index (χ4v) is 5.98. The number of halogens is 3. The van der Waals surface area contributed by atoms with E-state index in [9.17, 15) is 18.0 Å². The smallest absolute Gasteiger partial charge is 0.447 e. The van der Waals surface area contributed by atoms with Crippen LogP contribution in [0.3, 0.4) is 0 Å². The maximum absolute atomic E-state index is 12.9. The van der Waals surface area contributed by atoms with Gasteiger partial charge in [0.2, 0.25) is 5.82 Å². The van der Waals surface area contributed by atoms with E-state index >= 15 is 0 Å². The van der Waals surface area contributed by atoms with E-state index in [1.54, 1.807) is 26.1 Å². The number of aromatic nitrogens is 3. The summed E-state index contributed by atoms with van der Waals surface area (Å²) in [5.41, 5.74) is 2.02. The highest BCUT2D eigenvalue weighted by Gasteiger charge is 2.35. The SMILES string of the molecule is CC(C)OC(=O)Nc1cccc(-c2cnc(N[C@@H]3CCCC[C@H]3C[C@H]3CCCN(c4cnc(C(F)(F)F)nc4)C3)o2)c1. The predicted octanol–water partition coefficient (Wildman–Crippen LogP) is 7.38. The number of carbonyl (C=O) groups is 1. The van der Waals surface area contributed by atoms with Gasteiger partial charge in [0.15, 0.2) is 5.76 Å². The molecule has 2 N–H and O–H groups in total. The van der Waals surface area contributed by atoms with Gasteiger partial charge in [-0.3, -0.25) is 5.32 Å². The van der Waals surface area contributed by atoms with E-state index in [-0.39, 0.29) is 12.1 Å². The number of hydrogen-bond donors (Lipinski definition) is 2. The van der Waals surface area contributed by atoms with Crippen LogP contribution in [0.5, 0.6) is 0 Å². The molecule has 3 aromatic rings. The van der Waals surface area contributed by atoms with Gasteiger partial charge in [0.1, 0.15) is 0 Å². The van der Waals surface area contributed by atoms with Crippen LogP contribution >= 0.6 is 0 Å². The second-order valence-corrected chi connectivity index (χ2v) is 11.4. The van der Waals surface area contributed by atoms with Gasteiger partial charge >= 0.3 is 12.3 Å². The Morgan fingerprint density at radius 3 is 2.64 bits per heavy atom. The minimum atomic E-state index is -4.54. The van der Waals surface area contributed by atoms with Gasteiger partial charge in [-0.1, -0.05) is 25.0 Å². The third kappa shape index (κ3) is 7.71. The van der Waals surface area contributed by atoms with Crippen molar-refractivity contribution in [3.8, 4) is 11.3 Å². The Morgan fingerprint density at radius 2 is 1.88 bits per heavy atom. The van der Waals surface area contributed by atoms with Crippen LogP contribution in [0.4, 0.5) is 35.4 Å². The number of benzene rings is 1. The van der Waals surface area contributed by atoms with Crippen molar-refractivity contribution in [2.75, 3.05) is 28.6 Å². The van der Waals surface area contributed by atoms with Gasteiger partial charge in [0.05, 0.1) is 30.4 Å². The van der Waals surface area contributed by atoms with Gasteiger partial charge in [0.25, 0.3) is 6.01 Å². The molecule has 2 aromatic heterocycles. The van der Waals surface area contributed by atoms with E-state index in [0.29, 0.717) is 35.0 Å². The Balaban J connectivity index is 1.19. The van der Waals surface area contributed by atoms with Crippen LogP contribution in [-0.4, -0.2) is 46.3 Å². The molecular weight excluding hydrogens is 549 g/mol. The van der Waals surface area contributed by atoms with Crippen molar-refractivity contribution < 1.29 is 27.1 Å². The van der Waals surface area contributed by atoms with Crippen LogP contribution in [0.1, 0.15) is 64.6 Å². The second-order valence-electron chi connectivity index (χ2n) is 11.4. The first-order chi connectivity index (χ1) is 20.1. The number of nitrogens with one attached hydrogen (secondary N) is 2. The second kappa shape index (κ2) is 13.0. The van der Waals surface area contributed by atoms with Crippen LogP contribution in [0, 0.1) is 11.8 Å². The summed E-state index contributed by atoms with van der Waals surface area (Å²) in [7, 11) is 0. The molecule has 0 spiro atoms. The molecule has 1 aliphatic heterocycles. The highest BCUT2D eigenvalue weighted by molar-refractivity contribution is 5.85. The minimum absolute atomic E-state index is 0.217. The molecule has 0 unspecified atom stereocenters. The molecule has 3 atom stereocenters. The number of hydrogen-bond acceptors (Lipinski definition) is 8. The van der Waals surface area contributed by atoms with Crippen molar-refractivity contribution in [2.24, 2.45) is 11.8 Å². The number of anilines is 3. The number of amides is 1. The predicted molar refractivity (Wildman–Crippen MR) is 153 cm³/mol. The lowest BCUT2D eigenvalue weighted by Gasteiger charge is -2.38. The summed E-state index contributed by atoms with van der Waals surface area (Å²) in [5, 5.41) is 6.26. The highest BCUT2D eigenvalue weighted by atomic mass is 19.4. The maximum atomic E-state index is 12.9. The number of alkyl halides is 3. The van der Waals surface area contributed by atoms with Gasteiger partial charge in [0, 0.05) is 30.4 Å². The molecule has 1 aliphatic carbocycles. The Kier molecular flexibility index (Phi) is 9.18. The zero-order valence-electron chi connectivity index (χ0n) is 23.9. The molecule has 1 aromatic carbocycles. The van der Waals surface area contributed by atoms with E-state index in [1.165, 1.54) is 18.8 Å². The van der Waals surface area contributed by atoms with Crippen molar-refractivity contribution in [2.45, 2.75) is 77.1 Å². The zero-order valence-corrected chi connectivity index (χ0v) is 23.9. The summed E-state index contributed by atoms with van der Waals surface area (Å²) >= 11 is 0. The van der Waals surface area contributed by atoms with Crippen molar-refractivity contribution in [3.63, 3.8) is 0 Å². The molecule has 12 heteroatoms. The van der Waals surface area contributed by atoms with E-state index in [1.807, 2.05) is 18.2 Å². The molecule has 1 saturated heterocycles. The van der Waals surface area contributed by atoms with E-state index in [0.717, 1.165) is 57.2 Å².